The Morgan fingerprint density at radius 3 is 2.65 bits per heavy atom. The molecule has 2 aromatic rings. The number of carbonyl (C=O) groups is 1. The SMILES string of the molecule is O=C(c1ccc(Br)c(O)c1)N1CCc2ccccc2C1. The Morgan fingerprint density at radius 1 is 1.15 bits per heavy atom. The number of phenols is 1. The van der Waals surface area contributed by atoms with E-state index in [2.05, 4.69) is 28.1 Å². The predicted octanol–water partition coefficient (Wildman–Crippen LogP) is 3.35. The van der Waals surface area contributed by atoms with Crippen molar-refractivity contribution < 1.29 is 9.90 Å². The molecule has 0 spiro atoms. The first-order valence-electron chi connectivity index (χ1n) is 6.50. The van der Waals surface area contributed by atoms with Gasteiger partial charge in [-0.3, -0.25) is 4.79 Å². The molecule has 0 saturated heterocycles. The van der Waals surface area contributed by atoms with Gasteiger partial charge in [0.2, 0.25) is 0 Å². The molecule has 3 rings (SSSR count). The Hall–Kier alpha value is -1.81. The Bertz CT molecular complexity index is 669. The van der Waals surface area contributed by atoms with Gasteiger partial charge in [0.25, 0.3) is 5.91 Å². The summed E-state index contributed by atoms with van der Waals surface area (Å²) in [6.45, 7) is 1.35. The lowest BCUT2D eigenvalue weighted by molar-refractivity contribution is 0.0734. The van der Waals surface area contributed by atoms with Crippen molar-refractivity contribution in [2.45, 2.75) is 13.0 Å². The second-order valence-electron chi connectivity index (χ2n) is 4.91. The molecule has 0 aliphatic carbocycles. The van der Waals surface area contributed by atoms with Crippen molar-refractivity contribution in [3.05, 3.63) is 63.6 Å². The Balaban J connectivity index is 1.84. The van der Waals surface area contributed by atoms with E-state index in [1.807, 2.05) is 17.0 Å². The van der Waals surface area contributed by atoms with E-state index >= 15 is 0 Å². The Labute approximate surface area is 126 Å². The summed E-state index contributed by atoms with van der Waals surface area (Å²) in [5, 5.41) is 9.69. The average Bonchev–Trinajstić information content (AvgIpc) is 2.49. The number of hydrogen-bond acceptors (Lipinski definition) is 2. The lowest BCUT2D eigenvalue weighted by Crippen LogP contribution is -2.35. The highest BCUT2D eigenvalue weighted by Crippen LogP contribution is 2.26. The summed E-state index contributed by atoms with van der Waals surface area (Å²) >= 11 is 3.22. The number of nitrogens with zero attached hydrogens (tertiary/aromatic N) is 1. The highest BCUT2D eigenvalue weighted by atomic mass is 79.9. The topological polar surface area (TPSA) is 40.5 Å². The van der Waals surface area contributed by atoms with Crippen molar-refractivity contribution >= 4 is 21.8 Å². The van der Waals surface area contributed by atoms with Crippen LogP contribution < -0.4 is 0 Å². The summed E-state index contributed by atoms with van der Waals surface area (Å²) in [7, 11) is 0. The molecule has 2 aromatic carbocycles. The maximum absolute atomic E-state index is 12.5. The van der Waals surface area contributed by atoms with Gasteiger partial charge in [0, 0.05) is 18.7 Å². The van der Waals surface area contributed by atoms with Gasteiger partial charge in [-0.15, -0.1) is 0 Å². The van der Waals surface area contributed by atoms with Crippen LogP contribution in [0.2, 0.25) is 0 Å². The van der Waals surface area contributed by atoms with E-state index in [1.54, 1.807) is 12.1 Å². The van der Waals surface area contributed by atoms with Crippen molar-refractivity contribution in [1.29, 1.82) is 0 Å². The molecule has 4 heteroatoms. The molecule has 1 amide bonds. The van der Waals surface area contributed by atoms with E-state index in [1.165, 1.54) is 17.2 Å². The van der Waals surface area contributed by atoms with Crippen molar-refractivity contribution in [1.82, 2.24) is 4.90 Å². The summed E-state index contributed by atoms with van der Waals surface area (Å²) in [6.07, 6.45) is 0.879. The molecule has 0 aromatic heterocycles. The number of fused-ring (bicyclic) bond motifs is 1. The Morgan fingerprint density at radius 2 is 1.90 bits per heavy atom. The monoisotopic (exact) mass is 331 g/mol. The molecule has 1 aliphatic rings. The minimum atomic E-state index is -0.0395. The van der Waals surface area contributed by atoms with Crippen molar-refractivity contribution in [2.24, 2.45) is 0 Å². The minimum Gasteiger partial charge on any atom is -0.507 e. The van der Waals surface area contributed by atoms with Crippen LogP contribution in [-0.2, 0) is 13.0 Å². The highest BCUT2D eigenvalue weighted by Gasteiger charge is 2.21. The van der Waals surface area contributed by atoms with Crippen LogP contribution in [0.3, 0.4) is 0 Å². The second-order valence-corrected chi connectivity index (χ2v) is 5.77. The first-order valence-corrected chi connectivity index (χ1v) is 7.29. The summed E-state index contributed by atoms with van der Waals surface area (Å²) in [5.74, 6) is 0.0514. The fourth-order valence-electron chi connectivity index (χ4n) is 2.50. The molecule has 0 radical (unpaired) electrons. The third-order valence-electron chi connectivity index (χ3n) is 3.61. The van der Waals surface area contributed by atoms with Gasteiger partial charge in [0.1, 0.15) is 5.75 Å². The van der Waals surface area contributed by atoms with Gasteiger partial charge in [-0.2, -0.15) is 0 Å². The maximum Gasteiger partial charge on any atom is 0.254 e. The van der Waals surface area contributed by atoms with Crippen molar-refractivity contribution in [3.63, 3.8) is 0 Å². The molecule has 1 N–H and O–H groups in total. The molecule has 0 unspecified atom stereocenters. The summed E-state index contributed by atoms with van der Waals surface area (Å²) in [4.78, 5) is 14.3. The molecular formula is C16H14BrNO2. The van der Waals surface area contributed by atoms with Gasteiger partial charge in [0.05, 0.1) is 4.47 Å². The van der Waals surface area contributed by atoms with Gasteiger partial charge >= 0.3 is 0 Å². The number of carbonyl (C=O) groups excluding carboxylic acids is 1. The number of benzene rings is 2. The van der Waals surface area contributed by atoms with Gasteiger partial charge in [-0.25, -0.2) is 0 Å². The second kappa shape index (κ2) is 5.29. The average molecular weight is 332 g/mol. The van der Waals surface area contributed by atoms with E-state index in [4.69, 9.17) is 0 Å². The lowest BCUT2D eigenvalue weighted by atomic mass is 9.99. The molecule has 1 aliphatic heterocycles. The van der Waals surface area contributed by atoms with Crippen molar-refractivity contribution in [2.75, 3.05) is 6.54 Å². The number of amides is 1. The molecule has 0 bridgehead atoms. The van der Waals surface area contributed by atoms with E-state index in [9.17, 15) is 9.90 Å². The van der Waals surface area contributed by atoms with Crippen LogP contribution in [-0.4, -0.2) is 22.5 Å². The number of rotatable bonds is 1. The first-order chi connectivity index (χ1) is 9.65. The van der Waals surface area contributed by atoms with E-state index in [0.717, 1.165) is 6.42 Å². The zero-order valence-corrected chi connectivity index (χ0v) is 12.4. The Kier molecular flexibility index (Phi) is 3.49. The molecular weight excluding hydrogens is 318 g/mol. The number of hydrogen-bond donors (Lipinski definition) is 1. The summed E-state index contributed by atoms with van der Waals surface area (Å²) in [6, 6.07) is 13.1. The highest BCUT2D eigenvalue weighted by molar-refractivity contribution is 9.10. The van der Waals surface area contributed by atoms with E-state index < -0.39 is 0 Å². The predicted molar refractivity (Wildman–Crippen MR) is 80.7 cm³/mol. The van der Waals surface area contributed by atoms with Crippen LogP contribution in [0, 0.1) is 0 Å². The standard InChI is InChI=1S/C16H14BrNO2/c17-14-6-5-12(9-15(14)19)16(20)18-8-7-11-3-1-2-4-13(11)10-18/h1-6,9,19H,7-8,10H2. The summed E-state index contributed by atoms with van der Waals surface area (Å²) < 4.78 is 0.595. The van der Waals surface area contributed by atoms with Crippen LogP contribution in [0.25, 0.3) is 0 Å². The third kappa shape index (κ3) is 2.43. The van der Waals surface area contributed by atoms with Gasteiger partial charge in [-0.05, 0) is 51.7 Å². The van der Waals surface area contributed by atoms with Crippen LogP contribution in [0.5, 0.6) is 5.75 Å². The first kappa shape index (κ1) is 13.2. The molecule has 0 fully saturated rings. The third-order valence-corrected chi connectivity index (χ3v) is 4.28. The number of aromatic hydroxyl groups is 1. The van der Waals surface area contributed by atoms with E-state index in [-0.39, 0.29) is 11.7 Å². The molecule has 20 heavy (non-hydrogen) atoms. The molecule has 0 saturated carbocycles. The largest absolute Gasteiger partial charge is 0.507 e. The number of halogens is 1. The summed E-state index contributed by atoms with van der Waals surface area (Å²) in [5.41, 5.74) is 3.04. The quantitative estimate of drug-likeness (QED) is 0.870. The molecule has 102 valence electrons. The van der Waals surface area contributed by atoms with Gasteiger partial charge < -0.3 is 10.0 Å². The number of phenolic OH excluding ortho intramolecular Hbond substituents is 1. The lowest BCUT2D eigenvalue weighted by Gasteiger charge is -2.29. The van der Waals surface area contributed by atoms with E-state index in [0.29, 0.717) is 23.1 Å². The van der Waals surface area contributed by atoms with Gasteiger partial charge in [-0.1, -0.05) is 24.3 Å². The smallest absolute Gasteiger partial charge is 0.254 e. The molecule has 3 nitrogen and oxygen atoms in total. The van der Waals surface area contributed by atoms with Crippen LogP contribution in [0.4, 0.5) is 0 Å². The minimum absolute atomic E-state index is 0.0395. The normalized spacial score (nSPS) is 13.9. The maximum atomic E-state index is 12.5. The fourth-order valence-corrected chi connectivity index (χ4v) is 2.74. The van der Waals surface area contributed by atoms with Crippen molar-refractivity contribution in [3.8, 4) is 5.75 Å². The fraction of sp³-hybridized carbons (Fsp3) is 0.188. The molecule has 0 atom stereocenters. The van der Waals surface area contributed by atoms with Crippen LogP contribution >= 0.6 is 15.9 Å². The zero-order chi connectivity index (χ0) is 14.1. The van der Waals surface area contributed by atoms with Gasteiger partial charge in [0.15, 0.2) is 0 Å². The van der Waals surface area contributed by atoms with Crippen LogP contribution in [0.15, 0.2) is 46.9 Å². The van der Waals surface area contributed by atoms with Crippen LogP contribution in [0.1, 0.15) is 21.5 Å². The zero-order valence-electron chi connectivity index (χ0n) is 10.8. The molecule has 1 heterocycles.